The lowest BCUT2D eigenvalue weighted by molar-refractivity contribution is 0.0619. The molecule has 4 heteroatoms. The number of nitrogens with zero attached hydrogens (tertiary/aromatic N) is 1. The van der Waals surface area contributed by atoms with Gasteiger partial charge in [0.25, 0.3) is 5.91 Å². The van der Waals surface area contributed by atoms with Crippen LogP contribution in [0.25, 0.3) is 0 Å². The van der Waals surface area contributed by atoms with Crippen LogP contribution >= 0.6 is 0 Å². The van der Waals surface area contributed by atoms with Crippen molar-refractivity contribution in [2.45, 2.75) is 32.7 Å². The minimum Gasteiger partial charge on any atom is -0.496 e. The SMILES string of the molecule is CCC(CC)N(CCO)C(=O)c1ccccc1OC. The molecule has 0 spiro atoms. The zero-order valence-corrected chi connectivity index (χ0v) is 11.9. The average Bonchev–Trinajstić information content (AvgIpc) is 2.46. The summed E-state index contributed by atoms with van der Waals surface area (Å²) < 4.78 is 5.23. The molecule has 1 N–H and O–H groups in total. The molecule has 0 aromatic heterocycles. The Bertz CT molecular complexity index is 402. The van der Waals surface area contributed by atoms with Crippen molar-refractivity contribution in [3.05, 3.63) is 29.8 Å². The van der Waals surface area contributed by atoms with Gasteiger partial charge in [0.2, 0.25) is 0 Å². The third-order valence-electron chi connectivity index (χ3n) is 3.32. The number of amides is 1. The lowest BCUT2D eigenvalue weighted by Crippen LogP contribution is -2.41. The molecule has 1 aromatic rings. The normalized spacial score (nSPS) is 10.6. The van der Waals surface area contributed by atoms with Crippen molar-refractivity contribution in [2.24, 2.45) is 0 Å². The number of ether oxygens (including phenoxy) is 1. The summed E-state index contributed by atoms with van der Waals surface area (Å²) in [7, 11) is 1.56. The Balaban J connectivity index is 3.04. The van der Waals surface area contributed by atoms with E-state index in [-0.39, 0.29) is 18.6 Å². The molecule has 0 heterocycles. The Morgan fingerprint density at radius 2 is 1.95 bits per heavy atom. The molecule has 0 aliphatic carbocycles. The largest absolute Gasteiger partial charge is 0.496 e. The first-order chi connectivity index (χ1) is 9.19. The van der Waals surface area contributed by atoms with Gasteiger partial charge in [0.1, 0.15) is 5.75 Å². The van der Waals surface area contributed by atoms with Crippen LogP contribution in [-0.2, 0) is 0 Å². The fraction of sp³-hybridized carbons (Fsp3) is 0.533. The van der Waals surface area contributed by atoms with E-state index in [2.05, 4.69) is 0 Å². The summed E-state index contributed by atoms with van der Waals surface area (Å²) in [4.78, 5) is 14.3. The fourth-order valence-corrected chi connectivity index (χ4v) is 2.26. The lowest BCUT2D eigenvalue weighted by Gasteiger charge is -2.30. The molecule has 0 aliphatic heterocycles. The molecule has 1 rings (SSSR count). The monoisotopic (exact) mass is 265 g/mol. The first-order valence-corrected chi connectivity index (χ1v) is 6.74. The van der Waals surface area contributed by atoms with Gasteiger partial charge in [0.15, 0.2) is 0 Å². The van der Waals surface area contributed by atoms with E-state index in [0.29, 0.717) is 17.9 Å². The predicted molar refractivity (Wildman–Crippen MR) is 75.5 cm³/mol. The molecule has 106 valence electrons. The fourth-order valence-electron chi connectivity index (χ4n) is 2.26. The third kappa shape index (κ3) is 3.70. The minimum absolute atomic E-state index is 0.0304. The summed E-state index contributed by atoms with van der Waals surface area (Å²) in [5.74, 6) is 0.488. The van der Waals surface area contributed by atoms with Crippen LogP contribution in [0.15, 0.2) is 24.3 Å². The molecule has 0 saturated heterocycles. The van der Waals surface area contributed by atoms with E-state index in [1.165, 1.54) is 0 Å². The molecule has 1 amide bonds. The number of hydrogen-bond donors (Lipinski definition) is 1. The summed E-state index contributed by atoms with van der Waals surface area (Å²) in [6.45, 7) is 4.42. The molecule has 0 bridgehead atoms. The van der Waals surface area contributed by atoms with Crippen LogP contribution in [0.5, 0.6) is 5.75 Å². The van der Waals surface area contributed by atoms with E-state index in [4.69, 9.17) is 4.74 Å². The van der Waals surface area contributed by atoms with Crippen molar-refractivity contribution in [1.82, 2.24) is 4.90 Å². The van der Waals surface area contributed by atoms with Gasteiger partial charge in [0, 0.05) is 12.6 Å². The van der Waals surface area contributed by atoms with E-state index in [9.17, 15) is 9.90 Å². The maximum Gasteiger partial charge on any atom is 0.257 e. The smallest absolute Gasteiger partial charge is 0.257 e. The number of rotatable bonds is 7. The summed E-state index contributed by atoms with van der Waals surface area (Å²) >= 11 is 0. The highest BCUT2D eigenvalue weighted by atomic mass is 16.5. The first kappa shape index (κ1) is 15.5. The van der Waals surface area contributed by atoms with Gasteiger partial charge in [-0.05, 0) is 25.0 Å². The number of aliphatic hydroxyl groups is 1. The number of benzene rings is 1. The minimum atomic E-state index is -0.0831. The molecule has 0 fully saturated rings. The number of aliphatic hydroxyl groups excluding tert-OH is 1. The van der Waals surface area contributed by atoms with Gasteiger partial charge in [-0.3, -0.25) is 4.79 Å². The second kappa shape index (κ2) is 7.79. The van der Waals surface area contributed by atoms with Gasteiger partial charge < -0.3 is 14.7 Å². The first-order valence-electron chi connectivity index (χ1n) is 6.74. The molecule has 0 unspecified atom stereocenters. The third-order valence-corrected chi connectivity index (χ3v) is 3.32. The van der Waals surface area contributed by atoms with E-state index >= 15 is 0 Å². The molecular weight excluding hydrogens is 242 g/mol. The van der Waals surface area contributed by atoms with Gasteiger partial charge in [-0.25, -0.2) is 0 Å². The van der Waals surface area contributed by atoms with Gasteiger partial charge in [-0.1, -0.05) is 26.0 Å². The van der Waals surface area contributed by atoms with Crippen molar-refractivity contribution in [3.8, 4) is 5.75 Å². The number of carbonyl (C=O) groups is 1. The molecule has 19 heavy (non-hydrogen) atoms. The van der Waals surface area contributed by atoms with Crippen molar-refractivity contribution < 1.29 is 14.6 Å². The predicted octanol–water partition coefficient (Wildman–Crippen LogP) is 2.32. The van der Waals surface area contributed by atoms with Gasteiger partial charge in [-0.15, -0.1) is 0 Å². The summed E-state index contributed by atoms with van der Waals surface area (Å²) in [5, 5.41) is 9.17. The Hall–Kier alpha value is -1.55. The van der Waals surface area contributed by atoms with Gasteiger partial charge in [0.05, 0.1) is 19.3 Å². The van der Waals surface area contributed by atoms with Crippen molar-refractivity contribution in [3.63, 3.8) is 0 Å². The van der Waals surface area contributed by atoms with Crippen LogP contribution in [0.4, 0.5) is 0 Å². The zero-order chi connectivity index (χ0) is 14.3. The van der Waals surface area contributed by atoms with E-state index in [1.807, 2.05) is 26.0 Å². The standard InChI is InChI=1S/C15H23NO3/c1-4-12(5-2)16(10-11-17)15(18)13-8-6-7-9-14(13)19-3/h6-9,12,17H,4-5,10-11H2,1-3H3. The second-order valence-corrected chi connectivity index (χ2v) is 4.39. The lowest BCUT2D eigenvalue weighted by atomic mass is 10.1. The highest BCUT2D eigenvalue weighted by Crippen LogP contribution is 2.21. The zero-order valence-electron chi connectivity index (χ0n) is 11.9. The van der Waals surface area contributed by atoms with Crippen molar-refractivity contribution >= 4 is 5.91 Å². The highest BCUT2D eigenvalue weighted by Gasteiger charge is 2.23. The Labute approximate surface area is 115 Å². The van der Waals surface area contributed by atoms with Crippen LogP contribution < -0.4 is 4.74 Å². The van der Waals surface area contributed by atoms with Crippen molar-refractivity contribution in [1.29, 1.82) is 0 Å². The quantitative estimate of drug-likeness (QED) is 0.823. The Morgan fingerprint density at radius 3 is 2.47 bits per heavy atom. The molecule has 4 nitrogen and oxygen atoms in total. The summed E-state index contributed by atoms with van der Waals surface area (Å²) in [6, 6.07) is 7.33. The second-order valence-electron chi connectivity index (χ2n) is 4.39. The van der Waals surface area contributed by atoms with E-state index in [0.717, 1.165) is 12.8 Å². The van der Waals surface area contributed by atoms with Crippen LogP contribution in [-0.4, -0.2) is 42.2 Å². The van der Waals surface area contributed by atoms with Crippen LogP contribution in [0.2, 0.25) is 0 Å². The topological polar surface area (TPSA) is 49.8 Å². The maximum absolute atomic E-state index is 12.6. The highest BCUT2D eigenvalue weighted by molar-refractivity contribution is 5.97. The molecule has 0 atom stereocenters. The number of hydrogen-bond acceptors (Lipinski definition) is 3. The average molecular weight is 265 g/mol. The summed E-state index contributed by atoms with van der Waals surface area (Å²) in [5.41, 5.74) is 0.547. The van der Waals surface area contributed by atoms with E-state index in [1.54, 1.807) is 24.1 Å². The van der Waals surface area contributed by atoms with Crippen LogP contribution in [0.3, 0.4) is 0 Å². The van der Waals surface area contributed by atoms with Gasteiger partial charge in [-0.2, -0.15) is 0 Å². The maximum atomic E-state index is 12.6. The molecule has 1 aromatic carbocycles. The molecule has 0 radical (unpaired) electrons. The van der Waals surface area contributed by atoms with Crippen LogP contribution in [0.1, 0.15) is 37.0 Å². The molecular formula is C15H23NO3. The molecule has 0 aliphatic rings. The van der Waals surface area contributed by atoms with Gasteiger partial charge >= 0.3 is 0 Å². The van der Waals surface area contributed by atoms with E-state index < -0.39 is 0 Å². The number of para-hydroxylation sites is 1. The Morgan fingerprint density at radius 1 is 1.32 bits per heavy atom. The number of methoxy groups -OCH3 is 1. The summed E-state index contributed by atoms with van der Waals surface area (Å²) in [6.07, 6.45) is 1.74. The molecule has 0 saturated carbocycles. The number of carbonyl (C=O) groups excluding carboxylic acids is 1. The van der Waals surface area contributed by atoms with Crippen molar-refractivity contribution in [2.75, 3.05) is 20.3 Å². The Kier molecular flexibility index (Phi) is 6.36. The van der Waals surface area contributed by atoms with Crippen LogP contribution in [0, 0.1) is 0 Å².